The average Bonchev–Trinajstić information content (AvgIpc) is 2.53. The van der Waals surface area contributed by atoms with Gasteiger partial charge in [-0.25, -0.2) is 4.79 Å². The number of allylic oxidation sites excluding steroid dienone is 1. The third-order valence-corrected chi connectivity index (χ3v) is 3.31. The number of ether oxygens (including phenoxy) is 1. The molecule has 0 radical (unpaired) electrons. The van der Waals surface area contributed by atoms with Crippen LogP contribution in [0.25, 0.3) is 11.1 Å². The summed E-state index contributed by atoms with van der Waals surface area (Å²) in [5.41, 5.74) is 1.95. The highest BCUT2D eigenvalue weighted by Crippen LogP contribution is 2.31. The van der Waals surface area contributed by atoms with Gasteiger partial charge in [0.25, 0.3) is 0 Å². The minimum Gasteiger partial charge on any atom is -0.497 e. The summed E-state index contributed by atoms with van der Waals surface area (Å²) in [6.07, 6.45) is 0. The van der Waals surface area contributed by atoms with Crippen molar-refractivity contribution in [1.82, 2.24) is 0 Å². The van der Waals surface area contributed by atoms with E-state index in [2.05, 4.69) is 6.58 Å². The molecule has 0 fully saturated rings. The van der Waals surface area contributed by atoms with Crippen LogP contribution in [0.5, 0.6) is 5.75 Å². The van der Waals surface area contributed by atoms with Gasteiger partial charge in [0, 0.05) is 5.56 Å². The normalized spacial score (nSPS) is 10.1. The first-order chi connectivity index (χ1) is 10.5. The fourth-order valence-corrected chi connectivity index (χ4v) is 2.21. The molecule has 0 spiro atoms. The Balaban J connectivity index is 2.70. The van der Waals surface area contributed by atoms with E-state index in [1.54, 1.807) is 43.3 Å². The summed E-state index contributed by atoms with van der Waals surface area (Å²) in [6, 6.07) is 11.7. The van der Waals surface area contributed by atoms with Crippen molar-refractivity contribution in [3.05, 3.63) is 65.7 Å². The smallest absolute Gasteiger partial charge is 0.336 e. The molecule has 112 valence electrons. The molecule has 0 aliphatic carbocycles. The molecule has 0 amide bonds. The summed E-state index contributed by atoms with van der Waals surface area (Å²) in [6.45, 7) is 5.30. The van der Waals surface area contributed by atoms with Crippen LogP contribution in [-0.2, 0) is 0 Å². The van der Waals surface area contributed by atoms with Gasteiger partial charge in [0.05, 0.1) is 12.7 Å². The van der Waals surface area contributed by atoms with Crippen LogP contribution in [0.1, 0.15) is 27.6 Å². The second-order valence-electron chi connectivity index (χ2n) is 4.87. The highest BCUT2D eigenvalue weighted by molar-refractivity contribution is 6.13. The van der Waals surface area contributed by atoms with Crippen LogP contribution in [0.3, 0.4) is 0 Å². The summed E-state index contributed by atoms with van der Waals surface area (Å²) < 4.78 is 5.07. The molecular formula is C18H16O4. The van der Waals surface area contributed by atoms with Crippen molar-refractivity contribution < 1.29 is 19.4 Å². The number of carboxylic acid groups (broad SMARTS) is 1. The zero-order chi connectivity index (χ0) is 16.3. The van der Waals surface area contributed by atoms with Crippen LogP contribution >= 0.6 is 0 Å². The molecule has 0 saturated heterocycles. The van der Waals surface area contributed by atoms with Crippen molar-refractivity contribution in [3.8, 4) is 16.9 Å². The Labute approximate surface area is 128 Å². The Morgan fingerprint density at radius 2 is 1.68 bits per heavy atom. The molecule has 0 unspecified atom stereocenters. The molecule has 0 heterocycles. The molecule has 2 aromatic rings. The highest BCUT2D eigenvalue weighted by atomic mass is 16.5. The summed E-state index contributed by atoms with van der Waals surface area (Å²) in [4.78, 5) is 23.8. The molecule has 0 aliphatic rings. The molecule has 22 heavy (non-hydrogen) atoms. The molecular weight excluding hydrogens is 280 g/mol. The third kappa shape index (κ3) is 2.91. The first kappa shape index (κ1) is 15.5. The van der Waals surface area contributed by atoms with E-state index in [9.17, 15) is 14.7 Å². The molecule has 4 nitrogen and oxygen atoms in total. The van der Waals surface area contributed by atoms with Crippen molar-refractivity contribution in [2.75, 3.05) is 7.11 Å². The van der Waals surface area contributed by atoms with Crippen LogP contribution in [0.15, 0.2) is 54.6 Å². The number of benzene rings is 2. The van der Waals surface area contributed by atoms with E-state index in [4.69, 9.17) is 4.74 Å². The molecule has 2 aromatic carbocycles. The summed E-state index contributed by atoms with van der Waals surface area (Å²) in [5.74, 6) is -0.834. The number of carbonyl (C=O) groups is 2. The fourth-order valence-electron chi connectivity index (χ4n) is 2.21. The summed E-state index contributed by atoms with van der Waals surface area (Å²) >= 11 is 0. The lowest BCUT2D eigenvalue weighted by Crippen LogP contribution is -2.05. The second-order valence-corrected chi connectivity index (χ2v) is 4.87. The molecule has 0 aliphatic heterocycles. The lowest BCUT2D eigenvalue weighted by atomic mass is 9.92. The van der Waals surface area contributed by atoms with Gasteiger partial charge in [-0.3, -0.25) is 4.79 Å². The number of carboxylic acids is 1. The van der Waals surface area contributed by atoms with Gasteiger partial charge in [-0.15, -0.1) is 0 Å². The standard InChI is InChI=1S/C18H16O4/c1-11(2)17(19)15-7-5-4-6-13(15)14-9-8-12(22-3)10-16(14)18(20)21/h4-10H,1H2,2-3H3,(H,20,21). The maximum atomic E-state index is 12.3. The van der Waals surface area contributed by atoms with Gasteiger partial charge in [-0.1, -0.05) is 30.8 Å². The van der Waals surface area contributed by atoms with E-state index in [1.807, 2.05) is 0 Å². The van der Waals surface area contributed by atoms with E-state index in [-0.39, 0.29) is 11.3 Å². The maximum absolute atomic E-state index is 12.3. The van der Waals surface area contributed by atoms with Crippen LogP contribution < -0.4 is 4.74 Å². The van der Waals surface area contributed by atoms with Gasteiger partial charge in [0.1, 0.15) is 5.75 Å². The number of hydrogen-bond acceptors (Lipinski definition) is 3. The van der Waals surface area contributed by atoms with Crippen molar-refractivity contribution in [2.45, 2.75) is 6.92 Å². The van der Waals surface area contributed by atoms with Crippen LogP contribution in [0.2, 0.25) is 0 Å². The van der Waals surface area contributed by atoms with Gasteiger partial charge in [0.15, 0.2) is 5.78 Å². The number of rotatable bonds is 5. The lowest BCUT2D eigenvalue weighted by Gasteiger charge is -2.12. The van der Waals surface area contributed by atoms with Gasteiger partial charge < -0.3 is 9.84 Å². The Kier molecular flexibility index (Phi) is 4.41. The first-order valence-corrected chi connectivity index (χ1v) is 6.66. The zero-order valence-electron chi connectivity index (χ0n) is 12.4. The summed E-state index contributed by atoms with van der Waals surface area (Å²) in [7, 11) is 1.47. The van der Waals surface area contributed by atoms with Gasteiger partial charge >= 0.3 is 5.97 Å². The number of aromatic carboxylic acids is 1. The average molecular weight is 296 g/mol. The lowest BCUT2D eigenvalue weighted by molar-refractivity contribution is 0.0697. The predicted octanol–water partition coefficient (Wildman–Crippen LogP) is 3.82. The largest absolute Gasteiger partial charge is 0.497 e. The molecule has 0 saturated carbocycles. The molecule has 0 aromatic heterocycles. The minimum atomic E-state index is -1.08. The number of ketones is 1. The zero-order valence-corrected chi connectivity index (χ0v) is 12.4. The van der Waals surface area contributed by atoms with Crippen molar-refractivity contribution in [1.29, 1.82) is 0 Å². The van der Waals surface area contributed by atoms with E-state index >= 15 is 0 Å². The SMILES string of the molecule is C=C(C)C(=O)c1ccccc1-c1ccc(OC)cc1C(=O)O. The Morgan fingerprint density at radius 3 is 2.27 bits per heavy atom. The van der Waals surface area contributed by atoms with Crippen LogP contribution in [0, 0.1) is 0 Å². The number of carbonyl (C=O) groups excluding carboxylic acids is 1. The van der Waals surface area contributed by atoms with E-state index < -0.39 is 5.97 Å². The second kappa shape index (κ2) is 6.26. The Bertz CT molecular complexity index is 759. The van der Waals surface area contributed by atoms with Crippen LogP contribution in [-0.4, -0.2) is 24.0 Å². The molecule has 4 heteroatoms. The van der Waals surface area contributed by atoms with Gasteiger partial charge in [0.2, 0.25) is 0 Å². The van der Waals surface area contributed by atoms with Gasteiger partial charge in [-0.2, -0.15) is 0 Å². The van der Waals surface area contributed by atoms with Crippen LogP contribution in [0.4, 0.5) is 0 Å². The number of hydrogen-bond donors (Lipinski definition) is 1. The predicted molar refractivity (Wildman–Crippen MR) is 84.5 cm³/mol. The van der Waals surface area contributed by atoms with E-state index in [1.165, 1.54) is 13.2 Å². The Hall–Kier alpha value is -2.88. The monoisotopic (exact) mass is 296 g/mol. The van der Waals surface area contributed by atoms with Crippen molar-refractivity contribution >= 4 is 11.8 Å². The topological polar surface area (TPSA) is 63.6 Å². The summed E-state index contributed by atoms with van der Waals surface area (Å²) in [5, 5.41) is 9.43. The quantitative estimate of drug-likeness (QED) is 0.673. The number of Topliss-reactive ketones (excluding diaryl/α,β-unsaturated/α-hetero) is 1. The Morgan fingerprint density at radius 1 is 1.05 bits per heavy atom. The van der Waals surface area contributed by atoms with E-state index in [0.717, 1.165) is 0 Å². The number of methoxy groups -OCH3 is 1. The van der Waals surface area contributed by atoms with Crippen molar-refractivity contribution in [2.24, 2.45) is 0 Å². The maximum Gasteiger partial charge on any atom is 0.336 e. The fraction of sp³-hybridized carbons (Fsp3) is 0.111. The highest BCUT2D eigenvalue weighted by Gasteiger charge is 2.18. The molecule has 0 atom stereocenters. The molecule has 0 bridgehead atoms. The van der Waals surface area contributed by atoms with Crippen molar-refractivity contribution in [3.63, 3.8) is 0 Å². The minimum absolute atomic E-state index is 0.0846. The first-order valence-electron chi connectivity index (χ1n) is 6.66. The molecule has 1 N–H and O–H groups in total. The van der Waals surface area contributed by atoms with E-state index in [0.29, 0.717) is 28.0 Å². The molecule has 2 rings (SSSR count). The third-order valence-electron chi connectivity index (χ3n) is 3.31. The van der Waals surface area contributed by atoms with Gasteiger partial charge in [-0.05, 0) is 41.8 Å².